The third-order valence-corrected chi connectivity index (χ3v) is 2.95. The number of carbonyl (C=O) groups is 1. The normalized spacial score (nSPS) is 17.8. The molecule has 96 valence electrons. The highest BCUT2D eigenvalue weighted by Gasteiger charge is 2.33. The summed E-state index contributed by atoms with van der Waals surface area (Å²) in [5.74, 6) is -0.0695. The number of fused-ring (bicyclic) bond motifs is 1. The molecule has 8 nitrogen and oxygen atoms in total. The molecule has 0 fully saturated rings. The molecule has 2 aromatic heterocycles. The van der Waals surface area contributed by atoms with Gasteiger partial charge in [0.2, 0.25) is 11.9 Å². The number of hydrogen-bond donors (Lipinski definition) is 2. The summed E-state index contributed by atoms with van der Waals surface area (Å²) in [5, 5.41) is 14.3. The van der Waals surface area contributed by atoms with Crippen molar-refractivity contribution in [1.82, 2.24) is 25.2 Å². The average Bonchev–Trinajstić information content (AvgIpc) is 2.85. The lowest BCUT2D eigenvalue weighted by molar-refractivity contribution is -0.115. The summed E-state index contributed by atoms with van der Waals surface area (Å²) in [6, 6.07) is 4.93. The van der Waals surface area contributed by atoms with Gasteiger partial charge in [-0.05, 0) is 29.5 Å². The van der Waals surface area contributed by atoms with Gasteiger partial charge in [-0.1, -0.05) is 11.2 Å². The zero-order valence-corrected chi connectivity index (χ0v) is 10.1. The number of primary amides is 1. The molecule has 8 heteroatoms. The molecule has 1 aliphatic rings. The molecular weight excluding hydrogens is 246 g/mol. The number of hydrogen-bond acceptors (Lipinski definition) is 6. The van der Waals surface area contributed by atoms with Gasteiger partial charge in [0.15, 0.2) is 0 Å². The highest BCUT2D eigenvalue weighted by molar-refractivity contribution is 5.95. The molecule has 1 atom stereocenters. The minimum atomic E-state index is -0.526. The van der Waals surface area contributed by atoms with Crippen LogP contribution in [0.4, 0.5) is 5.95 Å². The van der Waals surface area contributed by atoms with Crippen LogP contribution in [0.15, 0.2) is 35.7 Å². The number of carbonyl (C=O) groups excluding carboxylic acids is 1. The largest absolute Gasteiger partial charge is 0.366 e. The summed E-state index contributed by atoms with van der Waals surface area (Å²) < 4.78 is 1.50. The Balaban J connectivity index is 2.21. The van der Waals surface area contributed by atoms with Gasteiger partial charge in [-0.2, -0.15) is 4.68 Å². The molecule has 3 heterocycles. The number of anilines is 1. The number of rotatable bonds is 2. The van der Waals surface area contributed by atoms with Crippen molar-refractivity contribution in [2.24, 2.45) is 5.73 Å². The Morgan fingerprint density at radius 3 is 3.00 bits per heavy atom. The molecule has 3 rings (SSSR count). The summed E-state index contributed by atoms with van der Waals surface area (Å²) in [5.41, 5.74) is 7.15. The van der Waals surface area contributed by atoms with Crippen LogP contribution < -0.4 is 11.1 Å². The molecule has 2 aromatic rings. The van der Waals surface area contributed by atoms with E-state index in [0.717, 1.165) is 0 Å². The maximum Gasteiger partial charge on any atom is 0.248 e. The van der Waals surface area contributed by atoms with Crippen molar-refractivity contribution < 1.29 is 4.79 Å². The van der Waals surface area contributed by atoms with E-state index in [0.29, 0.717) is 22.9 Å². The number of allylic oxidation sites excluding steroid dienone is 1. The Hall–Kier alpha value is -2.77. The number of nitrogens with zero attached hydrogens (tertiary/aromatic N) is 5. The van der Waals surface area contributed by atoms with Crippen LogP contribution >= 0.6 is 0 Å². The van der Waals surface area contributed by atoms with Crippen LogP contribution in [0.5, 0.6) is 0 Å². The van der Waals surface area contributed by atoms with Gasteiger partial charge in [0.25, 0.3) is 0 Å². The zero-order chi connectivity index (χ0) is 13.4. The van der Waals surface area contributed by atoms with Crippen LogP contribution in [0.25, 0.3) is 0 Å². The molecule has 3 N–H and O–H groups in total. The monoisotopic (exact) mass is 257 g/mol. The van der Waals surface area contributed by atoms with E-state index >= 15 is 0 Å². The van der Waals surface area contributed by atoms with Crippen molar-refractivity contribution in [1.29, 1.82) is 0 Å². The van der Waals surface area contributed by atoms with E-state index in [1.165, 1.54) is 4.68 Å². The van der Waals surface area contributed by atoms with Gasteiger partial charge in [0.1, 0.15) is 6.04 Å². The summed E-state index contributed by atoms with van der Waals surface area (Å²) in [4.78, 5) is 16.0. The van der Waals surface area contributed by atoms with Crippen molar-refractivity contribution in [2.75, 3.05) is 5.32 Å². The molecule has 0 saturated carbocycles. The van der Waals surface area contributed by atoms with Crippen LogP contribution in [0.1, 0.15) is 18.7 Å². The van der Waals surface area contributed by atoms with Crippen LogP contribution in [0, 0.1) is 0 Å². The lowest BCUT2D eigenvalue weighted by atomic mass is 9.99. The maximum absolute atomic E-state index is 11.7. The number of aromatic nitrogens is 5. The second-order valence-corrected chi connectivity index (χ2v) is 4.13. The number of pyridine rings is 1. The SMILES string of the molecule is CC1=C(C(N)=O)[C@@H](c2ccccn2)n2nnnc2N1. The van der Waals surface area contributed by atoms with E-state index < -0.39 is 11.9 Å². The molecule has 0 aliphatic carbocycles. The Bertz CT molecular complexity index is 661. The van der Waals surface area contributed by atoms with E-state index in [-0.39, 0.29) is 0 Å². The first kappa shape index (κ1) is 11.3. The first-order valence-corrected chi connectivity index (χ1v) is 5.65. The predicted molar refractivity (Wildman–Crippen MR) is 65.7 cm³/mol. The number of nitrogens with two attached hydrogens (primary N) is 1. The maximum atomic E-state index is 11.7. The van der Waals surface area contributed by atoms with Gasteiger partial charge in [0.05, 0.1) is 11.3 Å². The van der Waals surface area contributed by atoms with E-state index in [1.807, 2.05) is 6.07 Å². The molecule has 0 unspecified atom stereocenters. The highest BCUT2D eigenvalue weighted by atomic mass is 16.1. The minimum absolute atomic E-state index is 0.401. The van der Waals surface area contributed by atoms with Crippen molar-refractivity contribution in [3.8, 4) is 0 Å². The predicted octanol–water partition coefficient (Wildman–Crippen LogP) is -0.158. The fourth-order valence-electron chi connectivity index (χ4n) is 2.14. The number of tetrazole rings is 1. The highest BCUT2D eigenvalue weighted by Crippen LogP contribution is 2.32. The minimum Gasteiger partial charge on any atom is -0.366 e. The fourth-order valence-corrected chi connectivity index (χ4v) is 2.14. The summed E-state index contributed by atoms with van der Waals surface area (Å²) in [7, 11) is 0. The molecule has 0 radical (unpaired) electrons. The Morgan fingerprint density at radius 2 is 2.32 bits per heavy atom. The van der Waals surface area contributed by atoms with Crippen molar-refractivity contribution >= 4 is 11.9 Å². The molecular formula is C11H11N7O. The molecule has 19 heavy (non-hydrogen) atoms. The quantitative estimate of drug-likeness (QED) is 0.773. The van der Waals surface area contributed by atoms with Crippen molar-refractivity contribution in [3.63, 3.8) is 0 Å². The number of amides is 1. The first-order valence-electron chi connectivity index (χ1n) is 5.65. The standard InChI is InChI=1S/C11H11N7O/c1-6-8(10(12)19)9(7-4-2-3-5-13-7)18-11(14-6)15-16-17-18/h2-5,9H,1H3,(H2,12,19)(H,14,15,17)/t9-/m1/s1. The summed E-state index contributed by atoms with van der Waals surface area (Å²) in [6.07, 6.45) is 1.65. The molecule has 0 saturated heterocycles. The van der Waals surface area contributed by atoms with Gasteiger partial charge in [-0.15, -0.1) is 0 Å². The van der Waals surface area contributed by atoms with Crippen molar-refractivity contribution in [3.05, 3.63) is 41.4 Å². The van der Waals surface area contributed by atoms with Gasteiger partial charge in [-0.3, -0.25) is 9.78 Å². The number of nitrogens with one attached hydrogen (secondary N) is 1. The second kappa shape index (κ2) is 4.16. The Labute approximate surface area is 108 Å². The zero-order valence-electron chi connectivity index (χ0n) is 10.1. The van der Waals surface area contributed by atoms with E-state index in [9.17, 15) is 4.79 Å². The summed E-state index contributed by atoms with van der Waals surface area (Å²) in [6.45, 7) is 1.76. The smallest absolute Gasteiger partial charge is 0.248 e. The third kappa shape index (κ3) is 1.73. The molecule has 1 aliphatic heterocycles. The van der Waals surface area contributed by atoms with Crippen LogP contribution in [-0.4, -0.2) is 31.1 Å². The van der Waals surface area contributed by atoms with Crippen LogP contribution in [-0.2, 0) is 4.79 Å². The molecule has 0 bridgehead atoms. The van der Waals surface area contributed by atoms with Crippen LogP contribution in [0.2, 0.25) is 0 Å². The average molecular weight is 257 g/mol. The summed E-state index contributed by atoms with van der Waals surface area (Å²) >= 11 is 0. The van der Waals surface area contributed by atoms with E-state index in [1.54, 1.807) is 25.3 Å². The lowest BCUT2D eigenvalue weighted by Gasteiger charge is -2.25. The van der Waals surface area contributed by atoms with E-state index in [4.69, 9.17) is 5.73 Å². The van der Waals surface area contributed by atoms with Gasteiger partial charge in [-0.25, -0.2) is 0 Å². The lowest BCUT2D eigenvalue weighted by Crippen LogP contribution is -2.32. The first-order chi connectivity index (χ1) is 9.18. The van der Waals surface area contributed by atoms with E-state index in [2.05, 4.69) is 25.8 Å². The Kier molecular flexibility index (Phi) is 2.48. The topological polar surface area (TPSA) is 112 Å². The van der Waals surface area contributed by atoms with Crippen molar-refractivity contribution in [2.45, 2.75) is 13.0 Å². The van der Waals surface area contributed by atoms with Gasteiger partial charge >= 0.3 is 0 Å². The van der Waals surface area contributed by atoms with Crippen LogP contribution in [0.3, 0.4) is 0 Å². The van der Waals surface area contributed by atoms with Gasteiger partial charge in [0, 0.05) is 11.9 Å². The molecule has 1 amide bonds. The van der Waals surface area contributed by atoms with Gasteiger partial charge < -0.3 is 11.1 Å². The third-order valence-electron chi connectivity index (χ3n) is 2.95. The Morgan fingerprint density at radius 1 is 1.47 bits per heavy atom. The molecule has 0 spiro atoms. The second-order valence-electron chi connectivity index (χ2n) is 4.13. The fraction of sp³-hybridized carbons (Fsp3) is 0.182. The molecule has 0 aromatic carbocycles.